The summed E-state index contributed by atoms with van der Waals surface area (Å²) in [5.74, 6) is 0. The van der Waals surface area contributed by atoms with Crippen LogP contribution >= 0.6 is 22.9 Å². The van der Waals surface area contributed by atoms with Crippen molar-refractivity contribution in [3.8, 4) is 0 Å². The van der Waals surface area contributed by atoms with Gasteiger partial charge in [0, 0.05) is 60.6 Å². The molecular weight excluding hydrogens is 356 g/mol. The number of halogens is 1. The highest BCUT2D eigenvalue weighted by atomic mass is 35.5. The van der Waals surface area contributed by atoms with Crippen LogP contribution in [-0.2, 0) is 6.54 Å². The molecular formula is C18H19ClN4OS. The third kappa shape index (κ3) is 3.42. The fraction of sp³-hybridized carbons (Fsp3) is 0.333. The average Bonchev–Trinajstić information content (AvgIpc) is 2.97. The lowest BCUT2D eigenvalue weighted by Crippen LogP contribution is -2.46. The number of benzene rings is 1. The molecule has 1 aromatic carbocycles. The van der Waals surface area contributed by atoms with Crippen LogP contribution in [0.3, 0.4) is 0 Å². The summed E-state index contributed by atoms with van der Waals surface area (Å²) in [5.41, 5.74) is 2.97. The lowest BCUT2D eigenvalue weighted by Gasteiger charge is -2.36. The molecule has 0 bridgehead atoms. The minimum Gasteiger partial charge on any atom is -0.369 e. The van der Waals surface area contributed by atoms with E-state index in [1.807, 2.05) is 30.5 Å². The second kappa shape index (κ2) is 6.78. The zero-order valence-corrected chi connectivity index (χ0v) is 15.6. The van der Waals surface area contributed by atoms with Crippen molar-refractivity contribution in [2.75, 3.05) is 31.1 Å². The Bertz CT molecular complexity index is 959. The first kappa shape index (κ1) is 16.6. The van der Waals surface area contributed by atoms with Crippen molar-refractivity contribution in [3.63, 3.8) is 0 Å². The summed E-state index contributed by atoms with van der Waals surface area (Å²) < 4.78 is 1.67. The highest BCUT2D eigenvalue weighted by Gasteiger charge is 2.18. The summed E-state index contributed by atoms with van der Waals surface area (Å²) in [5, 5.41) is 2.74. The number of hydrogen-bond acceptors (Lipinski definition) is 5. The Balaban J connectivity index is 1.44. The maximum atomic E-state index is 12.3. The fourth-order valence-corrected chi connectivity index (χ4v) is 4.32. The standard InChI is InChI=1S/C18H19ClN4OS/c1-13-12-25-18-20-15(10-17(24)23(13)18)11-21-5-7-22(8-6-21)16-4-2-3-14(19)9-16/h2-4,9-10,12H,5-8,11H2,1H3. The molecule has 0 aliphatic carbocycles. The van der Waals surface area contributed by atoms with Gasteiger partial charge in [-0.15, -0.1) is 11.3 Å². The van der Waals surface area contributed by atoms with Gasteiger partial charge in [-0.05, 0) is 25.1 Å². The monoisotopic (exact) mass is 374 g/mol. The van der Waals surface area contributed by atoms with Crippen molar-refractivity contribution in [2.24, 2.45) is 0 Å². The number of fused-ring (bicyclic) bond motifs is 1. The molecule has 0 N–H and O–H groups in total. The van der Waals surface area contributed by atoms with Crippen LogP contribution in [-0.4, -0.2) is 40.5 Å². The number of anilines is 1. The van der Waals surface area contributed by atoms with Crippen molar-refractivity contribution in [3.05, 3.63) is 62.5 Å². The zero-order valence-electron chi connectivity index (χ0n) is 14.0. The number of aromatic nitrogens is 2. The van der Waals surface area contributed by atoms with Crippen LogP contribution in [0.4, 0.5) is 5.69 Å². The normalized spacial score (nSPS) is 15.8. The molecule has 0 saturated carbocycles. The Kier molecular flexibility index (Phi) is 4.50. The van der Waals surface area contributed by atoms with Crippen LogP contribution < -0.4 is 10.5 Å². The summed E-state index contributed by atoms with van der Waals surface area (Å²) in [6, 6.07) is 9.65. The molecule has 0 unspecified atom stereocenters. The maximum Gasteiger partial charge on any atom is 0.259 e. The summed E-state index contributed by atoms with van der Waals surface area (Å²) in [4.78, 5) is 22.4. The zero-order chi connectivity index (χ0) is 17.4. The number of aryl methyl sites for hydroxylation is 1. The van der Waals surface area contributed by atoms with Crippen LogP contribution in [0, 0.1) is 6.92 Å². The van der Waals surface area contributed by atoms with E-state index in [9.17, 15) is 4.79 Å². The molecule has 0 radical (unpaired) electrons. The van der Waals surface area contributed by atoms with E-state index < -0.39 is 0 Å². The van der Waals surface area contributed by atoms with Gasteiger partial charge in [-0.3, -0.25) is 14.1 Å². The van der Waals surface area contributed by atoms with Gasteiger partial charge in [0.05, 0.1) is 5.69 Å². The van der Waals surface area contributed by atoms with Crippen molar-refractivity contribution < 1.29 is 0 Å². The molecule has 1 aliphatic rings. The first-order valence-electron chi connectivity index (χ1n) is 8.30. The summed E-state index contributed by atoms with van der Waals surface area (Å²) >= 11 is 7.60. The van der Waals surface area contributed by atoms with Gasteiger partial charge in [0.25, 0.3) is 5.56 Å². The quantitative estimate of drug-likeness (QED) is 0.706. The van der Waals surface area contributed by atoms with Gasteiger partial charge in [-0.25, -0.2) is 4.98 Å². The SMILES string of the molecule is Cc1csc2nc(CN3CCN(c4cccc(Cl)c4)CC3)cc(=O)n12. The van der Waals surface area contributed by atoms with Crippen molar-refractivity contribution in [1.29, 1.82) is 0 Å². The van der Waals surface area contributed by atoms with E-state index in [0.717, 1.165) is 47.6 Å². The number of nitrogens with zero attached hydrogens (tertiary/aromatic N) is 4. The second-order valence-corrected chi connectivity index (χ2v) is 7.60. The van der Waals surface area contributed by atoms with Crippen molar-refractivity contribution in [2.45, 2.75) is 13.5 Å². The van der Waals surface area contributed by atoms with Crippen LogP contribution in [0.2, 0.25) is 5.02 Å². The molecule has 1 aliphatic heterocycles. The Morgan fingerprint density at radius 3 is 2.76 bits per heavy atom. The van der Waals surface area contributed by atoms with Crippen LogP contribution in [0.15, 0.2) is 40.5 Å². The molecule has 1 fully saturated rings. The van der Waals surface area contributed by atoms with Crippen molar-refractivity contribution >= 4 is 33.6 Å². The van der Waals surface area contributed by atoms with Gasteiger partial charge in [0.1, 0.15) is 0 Å². The number of hydrogen-bond donors (Lipinski definition) is 0. The summed E-state index contributed by atoms with van der Waals surface area (Å²) in [7, 11) is 0. The molecule has 2 aromatic heterocycles. The predicted octanol–water partition coefficient (Wildman–Crippen LogP) is 3.04. The number of rotatable bonds is 3. The minimum atomic E-state index is 0.0105. The molecule has 130 valence electrons. The average molecular weight is 375 g/mol. The maximum absolute atomic E-state index is 12.3. The molecule has 3 heterocycles. The largest absolute Gasteiger partial charge is 0.369 e. The lowest BCUT2D eigenvalue weighted by molar-refractivity contribution is 0.247. The van der Waals surface area contributed by atoms with Gasteiger partial charge in [-0.1, -0.05) is 17.7 Å². The van der Waals surface area contributed by atoms with E-state index in [1.54, 1.807) is 10.5 Å². The minimum absolute atomic E-state index is 0.0105. The molecule has 1 saturated heterocycles. The lowest BCUT2D eigenvalue weighted by atomic mass is 10.2. The van der Waals surface area contributed by atoms with Gasteiger partial charge in [-0.2, -0.15) is 0 Å². The van der Waals surface area contributed by atoms with E-state index in [4.69, 9.17) is 11.6 Å². The molecule has 5 nitrogen and oxygen atoms in total. The van der Waals surface area contributed by atoms with Gasteiger partial charge >= 0.3 is 0 Å². The second-order valence-electron chi connectivity index (χ2n) is 6.32. The van der Waals surface area contributed by atoms with E-state index in [-0.39, 0.29) is 5.56 Å². The van der Waals surface area contributed by atoms with Gasteiger partial charge in [0.15, 0.2) is 4.96 Å². The number of thiazole rings is 1. The topological polar surface area (TPSA) is 40.9 Å². The van der Waals surface area contributed by atoms with E-state index >= 15 is 0 Å². The molecule has 4 rings (SSSR count). The van der Waals surface area contributed by atoms with E-state index in [1.165, 1.54) is 17.0 Å². The molecule has 0 atom stereocenters. The Morgan fingerprint density at radius 2 is 2.00 bits per heavy atom. The Labute approximate surface area is 155 Å². The molecule has 25 heavy (non-hydrogen) atoms. The highest BCUT2D eigenvalue weighted by molar-refractivity contribution is 7.15. The molecule has 7 heteroatoms. The van der Waals surface area contributed by atoms with Crippen molar-refractivity contribution in [1.82, 2.24) is 14.3 Å². The molecule has 0 spiro atoms. The predicted molar refractivity (Wildman–Crippen MR) is 103 cm³/mol. The smallest absolute Gasteiger partial charge is 0.259 e. The highest BCUT2D eigenvalue weighted by Crippen LogP contribution is 2.21. The summed E-state index contributed by atoms with van der Waals surface area (Å²) in [6.07, 6.45) is 0. The first-order valence-corrected chi connectivity index (χ1v) is 9.55. The third-order valence-electron chi connectivity index (χ3n) is 4.56. The van der Waals surface area contributed by atoms with Gasteiger partial charge in [0.2, 0.25) is 0 Å². The first-order chi connectivity index (χ1) is 12.1. The summed E-state index contributed by atoms with van der Waals surface area (Å²) in [6.45, 7) is 6.42. The Morgan fingerprint density at radius 1 is 1.20 bits per heavy atom. The van der Waals surface area contributed by atoms with Crippen LogP contribution in [0.1, 0.15) is 11.4 Å². The van der Waals surface area contributed by atoms with Crippen LogP contribution in [0.5, 0.6) is 0 Å². The third-order valence-corrected chi connectivity index (χ3v) is 5.74. The Hall–Kier alpha value is -1.89. The van der Waals surface area contributed by atoms with Gasteiger partial charge < -0.3 is 4.90 Å². The van der Waals surface area contributed by atoms with Crippen LogP contribution in [0.25, 0.3) is 4.96 Å². The number of piperazine rings is 1. The fourth-order valence-electron chi connectivity index (χ4n) is 3.25. The van der Waals surface area contributed by atoms with E-state index in [2.05, 4.69) is 20.9 Å². The molecule has 3 aromatic rings. The van der Waals surface area contributed by atoms with E-state index in [0.29, 0.717) is 6.54 Å². The molecule has 0 amide bonds.